The van der Waals surface area contributed by atoms with Gasteiger partial charge in [-0.2, -0.15) is 0 Å². The van der Waals surface area contributed by atoms with Gasteiger partial charge in [0.05, 0.1) is 6.54 Å². The second kappa shape index (κ2) is 7.84. The molecule has 0 saturated carbocycles. The quantitative estimate of drug-likeness (QED) is 0.736. The maximum absolute atomic E-state index is 13.0. The molecule has 0 spiro atoms. The summed E-state index contributed by atoms with van der Waals surface area (Å²) in [6, 6.07) is 14.6. The molecule has 0 bridgehead atoms. The molecule has 27 heavy (non-hydrogen) atoms. The molecule has 3 aromatic rings. The third kappa shape index (κ3) is 4.31. The lowest BCUT2D eigenvalue weighted by Gasteiger charge is -2.28. The second-order valence-corrected chi connectivity index (χ2v) is 7.55. The van der Waals surface area contributed by atoms with E-state index < -0.39 is 0 Å². The predicted octanol–water partition coefficient (Wildman–Crippen LogP) is 3.26. The van der Waals surface area contributed by atoms with Gasteiger partial charge in [0.2, 0.25) is 11.0 Å². The van der Waals surface area contributed by atoms with Crippen molar-refractivity contribution in [1.29, 1.82) is 0 Å². The number of hydrogen-bond donors (Lipinski definition) is 1. The summed E-state index contributed by atoms with van der Waals surface area (Å²) in [6.07, 6.45) is 1.49. The van der Waals surface area contributed by atoms with Gasteiger partial charge in [0.15, 0.2) is 0 Å². The number of carbonyl (C=O) groups is 1. The van der Waals surface area contributed by atoms with E-state index in [-0.39, 0.29) is 18.3 Å². The Labute approximate surface area is 160 Å². The van der Waals surface area contributed by atoms with Gasteiger partial charge >= 0.3 is 0 Å². The highest BCUT2D eigenvalue weighted by molar-refractivity contribution is 7.15. The van der Waals surface area contributed by atoms with Gasteiger partial charge < -0.3 is 10.2 Å². The van der Waals surface area contributed by atoms with Crippen molar-refractivity contribution in [3.8, 4) is 0 Å². The molecule has 5 nitrogen and oxygen atoms in total. The Bertz CT molecular complexity index is 941. The third-order valence-electron chi connectivity index (χ3n) is 4.61. The first-order valence-electron chi connectivity index (χ1n) is 8.82. The molecule has 0 fully saturated rings. The number of aromatic nitrogens is 2. The SMILES string of the molecule is O=C(CNc1nnc(Cc2ccc(F)cc2)s1)N1CCc2ccccc2C1. The summed E-state index contributed by atoms with van der Waals surface area (Å²) in [5.41, 5.74) is 3.51. The summed E-state index contributed by atoms with van der Waals surface area (Å²) in [4.78, 5) is 14.4. The Morgan fingerprint density at radius 1 is 1.11 bits per heavy atom. The third-order valence-corrected chi connectivity index (χ3v) is 5.49. The van der Waals surface area contributed by atoms with E-state index in [4.69, 9.17) is 0 Å². The first-order chi connectivity index (χ1) is 13.2. The van der Waals surface area contributed by atoms with Crippen LogP contribution in [-0.4, -0.2) is 34.1 Å². The topological polar surface area (TPSA) is 58.1 Å². The van der Waals surface area contributed by atoms with Crippen LogP contribution in [0.3, 0.4) is 0 Å². The fourth-order valence-electron chi connectivity index (χ4n) is 3.14. The van der Waals surface area contributed by atoms with Gasteiger partial charge in [-0.15, -0.1) is 10.2 Å². The Hall–Kier alpha value is -2.80. The molecule has 0 saturated heterocycles. The van der Waals surface area contributed by atoms with Crippen LogP contribution >= 0.6 is 11.3 Å². The number of halogens is 1. The maximum atomic E-state index is 13.0. The normalized spacial score (nSPS) is 13.3. The fourth-order valence-corrected chi connectivity index (χ4v) is 3.91. The Balaban J connectivity index is 1.31. The van der Waals surface area contributed by atoms with Crippen LogP contribution in [0.4, 0.5) is 9.52 Å². The predicted molar refractivity (Wildman–Crippen MR) is 103 cm³/mol. The van der Waals surface area contributed by atoms with Gasteiger partial charge in [-0.25, -0.2) is 4.39 Å². The van der Waals surface area contributed by atoms with Crippen LogP contribution in [0.25, 0.3) is 0 Å². The molecule has 2 heterocycles. The zero-order valence-corrected chi connectivity index (χ0v) is 15.5. The number of amides is 1. The standard InChI is InChI=1S/C20H19FN4OS/c21-17-7-5-14(6-8-17)11-18-23-24-20(27-18)22-12-19(26)25-10-9-15-3-1-2-4-16(15)13-25/h1-8H,9-13H2,(H,22,24). The van der Waals surface area contributed by atoms with Crippen LogP contribution in [-0.2, 0) is 24.2 Å². The molecule has 4 rings (SSSR count). The summed E-state index contributed by atoms with van der Waals surface area (Å²) in [6.45, 7) is 1.60. The van der Waals surface area contributed by atoms with E-state index in [9.17, 15) is 9.18 Å². The van der Waals surface area contributed by atoms with Gasteiger partial charge in [0.1, 0.15) is 10.8 Å². The van der Waals surface area contributed by atoms with Crippen molar-refractivity contribution in [3.63, 3.8) is 0 Å². The molecule has 138 valence electrons. The summed E-state index contributed by atoms with van der Waals surface area (Å²) < 4.78 is 13.0. The van der Waals surface area contributed by atoms with Crippen LogP contribution in [0.2, 0.25) is 0 Å². The minimum Gasteiger partial charge on any atom is -0.351 e. The fraction of sp³-hybridized carbons (Fsp3) is 0.250. The molecule has 1 N–H and O–H groups in total. The first kappa shape index (κ1) is 17.6. The zero-order valence-electron chi connectivity index (χ0n) is 14.7. The monoisotopic (exact) mass is 382 g/mol. The lowest BCUT2D eigenvalue weighted by Crippen LogP contribution is -2.39. The van der Waals surface area contributed by atoms with E-state index >= 15 is 0 Å². The minimum absolute atomic E-state index is 0.0554. The summed E-state index contributed by atoms with van der Waals surface area (Å²) >= 11 is 1.41. The Morgan fingerprint density at radius 2 is 1.89 bits per heavy atom. The van der Waals surface area contributed by atoms with E-state index in [0.29, 0.717) is 18.1 Å². The maximum Gasteiger partial charge on any atom is 0.242 e. The van der Waals surface area contributed by atoms with Crippen molar-refractivity contribution >= 4 is 22.4 Å². The summed E-state index contributed by atoms with van der Waals surface area (Å²) in [5.74, 6) is -0.197. The van der Waals surface area contributed by atoms with E-state index in [1.165, 1.54) is 34.6 Å². The van der Waals surface area contributed by atoms with Crippen molar-refractivity contribution in [1.82, 2.24) is 15.1 Å². The molecule has 2 aromatic carbocycles. The van der Waals surface area contributed by atoms with E-state index in [0.717, 1.165) is 23.5 Å². The van der Waals surface area contributed by atoms with E-state index in [2.05, 4.69) is 27.6 Å². The van der Waals surface area contributed by atoms with Gasteiger partial charge in [0, 0.05) is 19.5 Å². The second-order valence-electron chi connectivity index (χ2n) is 6.49. The lowest BCUT2D eigenvalue weighted by atomic mass is 10.00. The lowest BCUT2D eigenvalue weighted by molar-refractivity contribution is -0.130. The van der Waals surface area contributed by atoms with Crippen molar-refractivity contribution in [2.75, 3.05) is 18.4 Å². The highest BCUT2D eigenvalue weighted by atomic mass is 32.1. The molecule has 1 amide bonds. The zero-order chi connectivity index (χ0) is 18.6. The molecular weight excluding hydrogens is 363 g/mol. The Kier molecular flexibility index (Phi) is 5.11. The number of hydrogen-bond acceptors (Lipinski definition) is 5. The highest BCUT2D eigenvalue weighted by Gasteiger charge is 2.20. The van der Waals surface area contributed by atoms with Gasteiger partial charge in [-0.05, 0) is 35.2 Å². The van der Waals surface area contributed by atoms with Crippen LogP contribution in [0.1, 0.15) is 21.7 Å². The molecule has 1 aromatic heterocycles. The summed E-state index contributed by atoms with van der Waals surface area (Å²) in [7, 11) is 0. The molecule has 7 heteroatoms. The average Bonchev–Trinajstić information content (AvgIpc) is 3.15. The van der Waals surface area contributed by atoms with Crippen LogP contribution in [0.5, 0.6) is 0 Å². The molecule has 1 aliphatic rings. The van der Waals surface area contributed by atoms with E-state index in [1.807, 2.05) is 17.0 Å². The van der Waals surface area contributed by atoms with E-state index in [1.54, 1.807) is 12.1 Å². The van der Waals surface area contributed by atoms with Crippen molar-refractivity contribution in [2.45, 2.75) is 19.4 Å². The number of nitrogens with one attached hydrogen (secondary N) is 1. The molecule has 0 aliphatic carbocycles. The Morgan fingerprint density at radius 3 is 2.70 bits per heavy atom. The average molecular weight is 382 g/mol. The molecule has 0 atom stereocenters. The summed E-state index contributed by atoms with van der Waals surface area (Å²) in [5, 5.41) is 12.8. The van der Waals surface area contributed by atoms with Crippen molar-refractivity contribution < 1.29 is 9.18 Å². The molecule has 1 aliphatic heterocycles. The highest BCUT2D eigenvalue weighted by Crippen LogP contribution is 2.20. The molecular formula is C20H19FN4OS. The number of anilines is 1. The minimum atomic E-state index is -0.253. The number of nitrogens with zero attached hydrogens (tertiary/aromatic N) is 3. The van der Waals surface area contributed by atoms with Gasteiger partial charge in [-0.3, -0.25) is 4.79 Å². The van der Waals surface area contributed by atoms with Crippen LogP contribution in [0, 0.1) is 5.82 Å². The smallest absolute Gasteiger partial charge is 0.242 e. The van der Waals surface area contributed by atoms with Crippen LogP contribution < -0.4 is 5.32 Å². The molecule has 0 unspecified atom stereocenters. The number of carbonyl (C=O) groups excluding carboxylic acids is 1. The number of fused-ring (bicyclic) bond motifs is 1. The molecule has 0 radical (unpaired) electrons. The van der Waals surface area contributed by atoms with Crippen molar-refractivity contribution in [2.24, 2.45) is 0 Å². The van der Waals surface area contributed by atoms with Gasteiger partial charge in [0.25, 0.3) is 0 Å². The van der Waals surface area contributed by atoms with Crippen LogP contribution in [0.15, 0.2) is 48.5 Å². The number of benzene rings is 2. The first-order valence-corrected chi connectivity index (χ1v) is 9.64. The van der Waals surface area contributed by atoms with Gasteiger partial charge in [-0.1, -0.05) is 47.7 Å². The largest absolute Gasteiger partial charge is 0.351 e. The van der Waals surface area contributed by atoms with Crippen molar-refractivity contribution in [3.05, 3.63) is 76.0 Å². The number of rotatable bonds is 5.